The number of nitrogens with zero attached hydrogens (tertiary/aromatic N) is 2. The number of nitrogens with one attached hydrogen (secondary N) is 1. The zero-order valence-electron chi connectivity index (χ0n) is 16.1. The van der Waals surface area contributed by atoms with Crippen molar-refractivity contribution in [2.24, 2.45) is 5.92 Å². The van der Waals surface area contributed by atoms with Gasteiger partial charge in [0.1, 0.15) is 0 Å². The number of fused-ring (bicyclic) bond motifs is 1. The summed E-state index contributed by atoms with van der Waals surface area (Å²) in [5.74, 6) is 0.778. The van der Waals surface area contributed by atoms with Crippen molar-refractivity contribution in [3.8, 4) is 0 Å². The van der Waals surface area contributed by atoms with Crippen LogP contribution in [0.5, 0.6) is 0 Å². The second kappa shape index (κ2) is 7.89. The average Bonchev–Trinajstić information content (AvgIpc) is 3.56. The fourth-order valence-electron chi connectivity index (χ4n) is 4.06. The number of carbonyl (C=O) groups is 1. The highest BCUT2D eigenvalue weighted by Crippen LogP contribution is 2.36. The third kappa shape index (κ3) is 3.88. The Bertz CT molecular complexity index is 864. The van der Waals surface area contributed by atoms with Gasteiger partial charge in [0.15, 0.2) is 6.29 Å². The van der Waals surface area contributed by atoms with Crippen molar-refractivity contribution in [3.63, 3.8) is 0 Å². The van der Waals surface area contributed by atoms with Crippen LogP contribution in [0, 0.1) is 5.92 Å². The van der Waals surface area contributed by atoms with Crippen LogP contribution in [0.3, 0.4) is 0 Å². The lowest BCUT2D eigenvalue weighted by Crippen LogP contribution is -2.28. The summed E-state index contributed by atoms with van der Waals surface area (Å²) in [6.07, 6.45) is 6.89. The molecule has 2 aromatic rings. The Labute approximate surface area is 165 Å². The number of anilines is 2. The second-order valence-electron chi connectivity index (χ2n) is 7.86. The van der Waals surface area contributed by atoms with Crippen molar-refractivity contribution in [2.75, 3.05) is 23.8 Å². The Kier molecular flexibility index (Phi) is 5.33. The number of hydrogen-bond acceptors (Lipinski definition) is 5. The third-order valence-corrected chi connectivity index (χ3v) is 5.88. The van der Waals surface area contributed by atoms with Gasteiger partial charge in [-0.1, -0.05) is 6.07 Å². The molecule has 148 valence electrons. The summed E-state index contributed by atoms with van der Waals surface area (Å²) in [6.45, 7) is 0.703. The molecule has 1 aromatic carbocycles. The van der Waals surface area contributed by atoms with Gasteiger partial charge in [-0.3, -0.25) is 9.78 Å². The quantitative estimate of drug-likeness (QED) is 0.670. The number of hydrogen-bond donors (Lipinski definition) is 3. The van der Waals surface area contributed by atoms with Crippen molar-refractivity contribution >= 4 is 17.3 Å². The first-order valence-electron chi connectivity index (χ1n) is 9.99. The summed E-state index contributed by atoms with van der Waals surface area (Å²) >= 11 is 0. The Morgan fingerprint density at radius 1 is 1.29 bits per heavy atom. The molecule has 4 rings (SSSR count). The maximum Gasteiger partial charge on any atom is 0.229 e. The molecule has 6 nitrogen and oxygen atoms in total. The first-order valence-corrected chi connectivity index (χ1v) is 9.99. The molecule has 1 atom stereocenters. The fourth-order valence-corrected chi connectivity index (χ4v) is 4.06. The molecule has 1 fully saturated rings. The van der Waals surface area contributed by atoms with Crippen molar-refractivity contribution in [2.45, 2.75) is 44.3 Å². The van der Waals surface area contributed by atoms with E-state index < -0.39 is 6.29 Å². The topological polar surface area (TPSA) is 85.7 Å². The van der Waals surface area contributed by atoms with E-state index in [1.54, 1.807) is 23.4 Å². The number of aliphatic hydroxyl groups is 2. The summed E-state index contributed by atoms with van der Waals surface area (Å²) in [5.41, 5.74) is 4.67. The van der Waals surface area contributed by atoms with Gasteiger partial charge in [0.2, 0.25) is 5.91 Å². The molecule has 28 heavy (non-hydrogen) atoms. The first-order chi connectivity index (χ1) is 13.5. The second-order valence-corrected chi connectivity index (χ2v) is 7.86. The number of rotatable bonds is 6. The van der Waals surface area contributed by atoms with Crippen LogP contribution in [0.15, 0.2) is 36.7 Å². The summed E-state index contributed by atoms with van der Waals surface area (Å²) in [5, 5.41) is 22.4. The number of aryl methyl sites for hydroxylation is 1. The minimum absolute atomic E-state index is 0.216. The molecule has 1 amide bonds. The van der Waals surface area contributed by atoms with Crippen LogP contribution in [-0.2, 0) is 11.2 Å². The van der Waals surface area contributed by atoms with E-state index in [1.165, 1.54) is 11.1 Å². The lowest BCUT2D eigenvalue weighted by molar-refractivity contribution is -0.119. The summed E-state index contributed by atoms with van der Waals surface area (Å²) < 4.78 is 0. The Hall–Kier alpha value is -2.44. The third-order valence-electron chi connectivity index (χ3n) is 5.88. The molecular weight excluding hydrogens is 354 g/mol. The molecule has 3 N–H and O–H groups in total. The summed E-state index contributed by atoms with van der Waals surface area (Å²) in [7, 11) is 1.87. The van der Waals surface area contributed by atoms with Gasteiger partial charge in [0.25, 0.3) is 0 Å². The Morgan fingerprint density at radius 2 is 2.11 bits per heavy atom. The van der Waals surface area contributed by atoms with Gasteiger partial charge in [-0.25, -0.2) is 0 Å². The van der Waals surface area contributed by atoms with E-state index in [0.717, 1.165) is 37.8 Å². The molecule has 0 radical (unpaired) electrons. The van der Waals surface area contributed by atoms with E-state index in [-0.39, 0.29) is 11.8 Å². The zero-order valence-corrected chi connectivity index (χ0v) is 16.1. The molecule has 1 saturated carbocycles. The molecule has 2 aliphatic rings. The Balaban J connectivity index is 1.49. The molecule has 1 heterocycles. The van der Waals surface area contributed by atoms with Crippen molar-refractivity contribution in [3.05, 3.63) is 53.3 Å². The van der Waals surface area contributed by atoms with E-state index in [2.05, 4.69) is 22.4 Å². The number of pyridine rings is 1. The minimum atomic E-state index is -1.52. The van der Waals surface area contributed by atoms with E-state index >= 15 is 0 Å². The maximum atomic E-state index is 12.4. The summed E-state index contributed by atoms with van der Waals surface area (Å²) in [6, 6.07) is 7.97. The van der Waals surface area contributed by atoms with Crippen LogP contribution in [0.2, 0.25) is 0 Å². The molecule has 0 bridgehead atoms. The molecule has 0 saturated heterocycles. The van der Waals surface area contributed by atoms with Gasteiger partial charge in [-0.15, -0.1) is 0 Å². The number of aromatic nitrogens is 1. The van der Waals surface area contributed by atoms with Crippen LogP contribution in [0.4, 0.5) is 11.4 Å². The van der Waals surface area contributed by atoms with E-state index in [1.807, 2.05) is 13.1 Å². The Morgan fingerprint density at radius 3 is 2.86 bits per heavy atom. The molecule has 0 spiro atoms. The van der Waals surface area contributed by atoms with Crippen LogP contribution < -0.4 is 10.2 Å². The molecule has 6 heteroatoms. The molecule has 0 aliphatic heterocycles. The standard InChI is InChI=1S/C22H27N3O3/c1-25(21(26)14-5-6-14)17-7-8-18-15(11-17)3-2-4-16(18)12-24-20-13-23-10-9-19(20)22(27)28/h7-11,13-14,16,22,24,27-28H,2-6,12H2,1H3/t16-/m0/s1. The number of aliphatic hydroxyl groups excluding tert-OH is 1. The highest BCUT2D eigenvalue weighted by Gasteiger charge is 2.33. The van der Waals surface area contributed by atoms with E-state index in [4.69, 9.17) is 0 Å². The van der Waals surface area contributed by atoms with Crippen molar-refractivity contribution in [1.82, 2.24) is 4.98 Å². The van der Waals surface area contributed by atoms with Crippen molar-refractivity contribution < 1.29 is 15.0 Å². The van der Waals surface area contributed by atoms with Gasteiger partial charge in [0.05, 0.1) is 11.9 Å². The van der Waals surface area contributed by atoms with Crippen LogP contribution in [0.1, 0.15) is 54.6 Å². The van der Waals surface area contributed by atoms with Gasteiger partial charge in [-0.05, 0) is 61.4 Å². The molecule has 1 aromatic heterocycles. The zero-order chi connectivity index (χ0) is 19.7. The van der Waals surface area contributed by atoms with E-state index in [0.29, 0.717) is 23.7 Å². The highest BCUT2D eigenvalue weighted by atomic mass is 16.5. The minimum Gasteiger partial charge on any atom is -0.383 e. The van der Waals surface area contributed by atoms with Gasteiger partial charge in [0, 0.05) is 42.9 Å². The number of benzene rings is 1. The predicted octanol–water partition coefficient (Wildman–Crippen LogP) is 2.97. The van der Waals surface area contributed by atoms with Gasteiger partial charge < -0.3 is 20.4 Å². The largest absolute Gasteiger partial charge is 0.383 e. The van der Waals surface area contributed by atoms with E-state index in [9.17, 15) is 15.0 Å². The predicted molar refractivity (Wildman–Crippen MR) is 108 cm³/mol. The van der Waals surface area contributed by atoms with Crippen LogP contribution >= 0.6 is 0 Å². The highest BCUT2D eigenvalue weighted by molar-refractivity contribution is 5.96. The number of carbonyl (C=O) groups excluding carboxylic acids is 1. The lowest BCUT2D eigenvalue weighted by Gasteiger charge is -2.28. The van der Waals surface area contributed by atoms with Gasteiger partial charge in [-0.2, -0.15) is 0 Å². The molecule has 0 unspecified atom stereocenters. The fraction of sp³-hybridized carbons (Fsp3) is 0.455. The number of amides is 1. The summed E-state index contributed by atoms with van der Waals surface area (Å²) in [4.78, 5) is 18.2. The SMILES string of the molecule is CN(C(=O)C1CC1)c1ccc2c(c1)CCC[C@H]2CNc1cnccc1C(O)O. The average molecular weight is 381 g/mol. The monoisotopic (exact) mass is 381 g/mol. The first kappa shape index (κ1) is 18.9. The normalized spacial score (nSPS) is 18.6. The maximum absolute atomic E-state index is 12.4. The van der Waals surface area contributed by atoms with Gasteiger partial charge >= 0.3 is 0 Å². The van der Waals surface area contributed by atoms with Crippen LogP contribution in [-0.4, -0.2) is 34.7 Å². The lowest BCUT2D eigenvalue weighted by atomic mass is 9.82. The van der Waals surface area contributed by atoms with Crippen LogP contribution in [0.25, 0.3) is 0 Å². The molecule has 2 aliphatic carbocycles. The molecular formula is C22H27N3O3. The van der Waals surface area contributed by atoms with Crippen molar-refractivity contribution in [1.29, 1.82) is 0 Å². The smallest absolute Gasteiger partial charge is 0.229 e.